The van der Waals surface area contributed by atoms with Crippen LogP contribution < -0.4 is 18.1 Å². The van der Waals surface area contributed by atoms with Gasteiger partial charge in [-0.25, -0.2) is 0 Å². The van der Waals surface area contributed by atoms with Crippen LogP contribution in [0.15, 0.2) is 24.3 Å². The zero-order chi connectivity index (χ0) is 6.91. The molecule has 0 saturated heterocycles. The lowest BCUT2D eigenvalue weighted by Gasteiger charge is -2.23. The predicted octanol–water partition coefficient (Wildman–Crippen LogP) is -2.25. The van der Waals surface area contributed by atoms with E-state index in [1.54, 1.807) is 0 Å². The SMILES string of the molecule is CC1C=CC=CC1(C)[NH3+].[Cl-]. The largest absolute Gasteiger partial charge is 1.00 e. The highest BCUT2D eigenvalue weighted by molar-refractivity contribution is 5.18. The quantitative estimate of drug-likeness (QED) is 0.414. The van der Waals surface area contributed by atoms with Gasteiger partial charge in [0.05, 0.1) is 0 Å². The van der Waals surface area contributed by atoms with Gasteiger partial charge in [-0.3, -0.25) is 0 Å². The molecule has 0 saturated carbocycles. The molecule has 0 aromatic carbocycles. The van der Waals surface area contributed by atoms with Crippen LogP contribution in [-0.2, 0) is 0 Å². The maximum Gasteiger partial charge on any atom is 0.117 e. The second kappa shape index (κ2) is 3.22. The molecule has 0 bridgehead atoms. The summed E-state index contributed by atoms with van der Waals surface area (Å²) in [7, 11) is 0. The lowest BCUT2D eigenvalue weighted by molar-refractivity contribution is -0.462. The fourth-order valence-corrected chi connectivity index (χ4v) is 0.878. The van der Waals surface area contributed by atoms with Crippen molar-refractivity contribution in [3.05, 3.63) is 24.3 Å². The number of quaternary nitrogens is 1. The number of allylic oxidation sites excluding steroid dienone is 2. The maximum absolute atomic E-state index is 4.07. The van der Waals surface area contributed by atoms with Crippen LogP contribution in [0.5, 0.6) is 0 Å². The molecular weight excluding hydrogens is 146 g/mol. The van der Waals surface area contributed by atoms with Crippen LogP contribution in [0.1, 0.15) is 13.8 Å². The molecule has 58 valence electrons. The summed E-state index contributed by atoms with van der Waals surface area (Å²) in [6.45, 7) is 4.34. The van der Waals surface area contributed by atoms with Crippen molar-refractivity contribution in [1.29, 1.82) is 0 Å². The Morgan fingerprint density at radius 3 is 2.30 bits per heavy atom. The summed E-state index contributed by atoms with van der Waals surface area (Å²) >= 11 is 0. The molecule has 1 rings (SSSR count). The minimum absolute atomic E-state index is 0. The van der Waals surface area contributed by atoms with Crippen molar-refractivity contribution >= 4 is 0 Å². The van der Waals surface area contributed by atoms with Gasteiger partial charge in [-0.15, -0.1) is 0 Å². The molecule has 1 nitrogen and oxygen atoms in total. The van der Waals surface area contributed by atoms with Gasteiger partial charge in [-0.1, -0.05) is 25.2 Å². The third-order valence-electron chi connectivity index (χ3n) is 2.03. The van der Waals surface area contributed by atoms with E-state index in [1.165, 1.54) is 0 Å². The minimum atomic E-state index is 0. The highest BCUT2D eigenvalue weighted by Gasteiger charge is 2.26. The Kier molecular flexibility index (Phi) is 3.13. The van der Waals surface area contributed by atoms with Crippen molar-refractivity contribution in [3.63, 3.8) is 0 Å². The molecule has 0 amide bonds. The van der Waals surface area contributed by atoms with E-state index in [9.17, 15) is 0 Å². The first-order valence-electron chi connectivity index (χ1n) is 3.34. The summed E-state index contributed by atoms with van der Waals surface area (Å²) < 4.78 is 0. The van der Waals surface area contributed by atoms with Gasteiger partial charge in [0, 0.05) is 5.92 Å². The Balaban J connectivity index is 0.000000810. The standard InChI is InChI=1S/C8H13N.ClH/c1-7-5-3-4-6-8(7,2)9;/h3-7H,9H2,1-2H3;1H. The average Bonchev–Trinajstić information content (AvgIpc) is 1.77. The van der Waals surface area contributed by atoms with Crippen LogP contribution in [0.3, 0.4) is 0 Å². The minimum Gasteiger partial charge on any atom is -1.00 e. The lowest BCUT2D eigenvalue weighted by atomic mass is 9.85. The van der Waals surface area contributed by atoms with Gasteiger partial charge < -0.3 is 18.1 Å². The molecule has 2 unspecified atom stereocenters. The molecule has 10 heavy (non-hydrogen) atoms. The van der Waals surface area contributed by atoms with Crippen molar-refractivity contribution < 1.29 is 18.1 Å². The Labute approximate surface area is 68.4 Å². The lowest BCUT2D eigenvalue weighted by Crippen LogP contribution is -3.00. The number of rotatable bonds is 0. The van der Waals surface area contributed by atoms with E-state index >= 15 is 0 Å². The smallest absolute Gasteiger partial charge is 0.117 e. The monoisotopic (exact) mass is 159 g/mol. The van der Waals surface area contributed by atoms with E-state index in [2.05, 4.69) is 43.9 Å². The molecule has 0 aromatic rings. The number of hydrogen-bond donors (Lipinski definition) is 1. The van der Waals surface area contributed by atoms with Crippen LogP contribution in [-0.4, -0.2) is 5.54 Å². The zero-order valence-electron chi connectivity index (χ0n) is 6.47. The normalized spacial score (nSPS) is 37.3. The second-order valence-corrected chi connectivity index (χ2v) is 3.04. The van der Waals surface area contributed by atoms with Crippen LogP contribution in [0.4, 0.5) is 0 Å². The Hall–Kier alpha value is -0.270. The van der Waals surface area contributed by atoms with E-state index in [4.69, 9.17) is 0 Å². The topological polar surface area (TPSA) is 27.6 Å². The molecule has 0 aromatic heterocycles. The highest BCUT2D eigenvalue weighted by atomic mass is 35.5. The van der Waals surface area contributed by atoms with E-state index in [1.807, 2.05) is 0 Å². The summed E-state index contributed by atoms with van der Waals surface area (Å²) in [4.78, 5) is 0. The summed E-state index contributed by atoms with van der Waals surface area (Å²) in [6.07, 6.45) is 8.48. The molecular formula is C8H14ClN. The van der Waals surface area contributed by atoms with E-state index < -0.39 is 0 Å². The first-order chi connectivity index (χ1) is 4.13. The third kappa shape index (κ3) is 1.86. The molecule has 3 N–H and O–H groups in total. The first-order valence-corrected chi connectivity index (χ1v) is 3.34. The van der Waals surface area contributed by atoms with Crippen LogP contribution in [0, 0.1) is 5.92 Å². The fraction of sp³-hybridized carbons (Fsp3) is 0.500. The number of hydrogen-bond acceptors (Lipinski definition) is 0. The van der Waals surface area contributed by atoms with Gasteiger partial charge in [0.1, 0.15) is 5.54 Å². The number of halogens is 1. The zero-order valence-corrected chi connectivity index (χ0v) is 7.23. The van der Waals surface area contributed by atoms with Gasteiger partial charge in [0.15, 0.2) is 0 Å². The van der Waals surface area contributed by atoms with Crippen molar-refractivity contribution in [2.24, 2.45) is 5.92 Å². The van der Waals surface area contributed by atoms with Gasteiger partial charge in [-0.05, 0) is 13.0 Å². The third-order valence-corrected chi connectivity index (χ3v) is 2.03. The Morgan fingerprint density at radius 1 is 1.40 bits per heavy atom. The first kappa shape index (κ1) is 9.73. The van der Waals surface area contributed by atoms with Gasteiger partial charge in [0.25, 0.3) is 0 Å². The maximum atomic E-state index is 4.07. The molecule has 2 heteroatoms. The summed E-state index contributed by atoms with van der Waals surface area (Å²) in [5, 5.41) is 0. The van der Waals surface area contributed by atoms with E-state index in [0.717, 1.165) is 0 Å². The van der Waals surface area contributed by atoms with Crippen molar-refractivity contribution in [2.75, 3.05) is 0 Å². The second-order valence-electron chi connectivity index (χ2n) is 3.04. The highest BCUT2D eigenvalue weighted by Crippen LogP contribution is 2.17. The molecule has 0 radical (unpaired) electrons. The molecule has 0 spiro atoms. The Morgan fingerprint density at radius 2 is 2.00 bits per heavy atom. The summed E-state index contributed by atoms with van der Waals surface area (Å²) in [5.74, 6) is 0.572. The summed E-state index contributed by atoms with van der Waals surface area (Å²) in [6, 6.07) is 0. The molecule has 0 heterocycles. The Bertz CT molecular complexity index is 159. The molecule has 0 fully saturated rings. The van der Waals surface area contributed by atoms with Gasteiger partial charge >= 0.3 is 0 Å². The van der Waals surface area contributed by atoms with E-state index in [-0.39, 0.29) is 17.9 Å². The van der Waals surface area contributed by atoms with Gasteiger partial charge in [0.2, 0.25) is 0 Å². The average molecular weight is 160 g/mol. The van der Waals surface area contributed by atoms with Gasteiger partial charge in [-0.2, -0.15) is 0 Å². The molecule has 2 atom stereocenters. The van der Waals surface area contributed by atoms with Crippen molar-refractivity contribution in [3.8, 4) is 0 Å². The van der Waals surface area contributed by atoms with Crippen LogP contribution >= 0.6 is 0 Å². The van der Waals surface area contributed by atoms with Crippen LogP contribution in [0.25, 0.3) is 0 Å². The van der Waals surface area contributed by atoms with Crippen LogP contribution in [0.2, 0.25) is 0 Å². The summed E-state index contributed by atoms with van der Waals surface area (Å²) in [5.41, 5.74) is 4.19. The molecule has 1 aliphatic rings. The molecule has 0 aliphatic heterocycles. The fourth-order valence-electron chi connectivity index (χ4n) is 0.878. The predicted molar refractivity (Wildman–Crippen MR) is 38.7 cm³/mol. The van der Waals surface area contributed by atoms with Crippen molar-refractivity contribution in [1.82, 2.24) is 0 Å². The molecule has 1 aliphatic carbocycles. The van der Waals surface area contributed by atoms with E-state index in [0.29, 0.717) is 5.92 Å². The van der Waals surface area contributed by atoms with Crippen molar-refractivity contribution in [2.45, 2.75) is 19.4 Å².